The lowest BCUT2D eigenvalue weighted by Gasteiger charge is -2.16. The van der Waals surface area contributed by atoms with Crippen molar-refractivity contribution in [2.24, 2.45) is 0 Å². The molecule has 0 unspecified atom stereocenters. The maximum Gasteiger partial charge on any atom is 0.394 e. The molecule has 1 heteroatoms. The van der Waals surface area contributed by atoms with Gasteiger partial charge in [-0.2, -0.15) is 0 Å². The number of hydrogen-bond donors (Lipinski definition) is 0. The van der Waals surface area contributed by atoms with Gasteiger partial charge in [-0.3, -0.25) is 0 Å². The molecule has 0 aliphatic carbocycles. The Balaban J connectivity index is 2.73. The van der Waals surface area contributed by atoms with Gasteiger partial charge in [0.1, 0.15) is 10.4 Å². The molecule has 0 bridgehead atoms. The third-order valence-electron chi connectivity index (χ3n) is 4.47. The molecule has 2 aromatic carbocycles. The maximum absolute atomic E-state index is 2.39. The van der Waals surface area contributed by atoms with Crippen LogP contribution in [0.15, 0.2) is 24.3 Å². The first kappa shape index (κ1) is 17.0. The van der Waals surface area contributed by atoms with E-state index < -0.39 is 8.80 Å². The number of hydrogen-bond acceptors (Lipinski definition) is 0. The van der Waals surface area contributed by atoms with Crippen LogP contribution in [0.4, 0.5) is 0 Å². The molecule has 0 aliphatic rings. The zero-order valence-electron chi connectivity index (χ0n) is 15.4. The quantitative estimate of drug-likeness (QED) is 0.729. The summed E-state index contributed by atoms with van der Waals surface area (Å²) < 4.78 is 0. The highest BCUT2D eigenvalue weighted by Gasteiger charge is 2.42. The van der Waals surface area contributed by atoms with Gasteiger partial charge in [0.05, 0.1) is 5.54 Å². The van der Waals surface area contributed by atoms with Gasteiger partial charge in [0.25, 0.3) is 0 Å². The Kier molecular flexibility index (Phi) is 4.96. The van der Waals surface area contributed by atoms with Gasteiger partial charge in [-0.25, -0.2) is 0 Å². The lowest BCUT2D eigenvalue weighted by molar-refractivity contribution is 1.05. The smallest absolute Gasteiger partial charge is 0.0534 e. The van der Waals surface area contributed by atoms with Crippen LogP contribution in [0.1, 0.15) is 47.2 Å². The highest BCUT2D eigenvalue weighted by Crippen LogP contribution is 2.18. The average molecular weight is 310 g/mol. The second kappa shape index (κ2) is 6.42. The molecule has 0 fully saturated rings. The molecular formula is C21H29Si+. The van der Waals surface area contributed by atoms with Crippen LogP contribution in [0, 0.1) is 41.5 Å². The van der Waals surface area contributed by atoms with Crippen LogP contribution in [-0.2, 0) is 0 Å². The monoisotopic (exact) mass is 309 g/mol. The van der Waals surface area contributed by atoms with Crippen LogP contribution in [0.25, 0.3) is 0 Å². The molecule has 0 aromatic heterocycles. The predicted octanol–water partition coefficient (Wildman–Crippen LogP) is 4.56. The van der Waals surface area contributed by atoms with E-state index in [0.717, 1.165) is 0 Å². The van der Waals surface area contributed by atoms with E-state index >= 15 is 0 Å². The van der Waals surface area contributed by atoms with E-state index in [9.17, 15) is 0 Å². The highest BCUT2D eigenvalue weighted by molar-refractivity contribution is 6.87. The van der Waals surface area contributed by atoms with Crippen LogP contribution in [-0.4, -0.2) is 8.80 Å². The Hall–Kier alpha value is -1.34. The van der Waals surface area contributed by atoms with Crippen molar-refractivity contribution in [2.75, 3.05) is 0 Å². The van der Waals surface area contributed by atoms with Crippen LogP contribution in [0.2, 0.25) is 5.54 Å². The van der Waals surface area contributed by atoms with Gasteiger partial charge in [-0.05, 0) is 77.6 Å². The van der Waals surface area contributed by atoms with Gasteiger partial charge in [0.15, 0.2) is 0 Å². The SMILES string of the molecule is Cc1cc(C)c([Si+](c2c(C)cc(C)cc2C)C(C)C)c(C)c1. The van der Waals surface area contributed by atoms with Crippen LogP contribution in [0.5, 0.6) is 0 Å². The van der Waals surface area contributed by atoms with E-state index in [1.165, 1.54) is 33.4 Å². The largest absolute Gasteiger partial charge is 0.394 e. The van der Waals surface area contributed by atoms with Crippen LogP contribution >= 0.6 is 0 Å². The minimum atomic E-state index is -0.770. The fourth-order valence-electron chi connectivity index (χ4n) is 3.91. The van der Waals surface area contributed by atoms with Gasteiger partial charge in [0, 0.05) is 0 Å². The minimum absolute atomic E-state index is 0.685. The molecule has 2 rings (SSSR count). The fourth-order valence-corrected chi connectivity index (χ4v) is 7.30. The van der Waals surface area contributed by atoms with Crippen LogP contribution in [0.3, 0.4) is 0 Å². The molecule has 0 atom stereocenters. The first-order valence-electron chi connectivity index (χ1n) is 8.25. The summed E-state index contributed by atoms with van der Waals surface area (Å²) in [6, 6.07) is 9.42. The molecule has 2 aromatic rings. The van der Waals surface area contributed by atoms with Crippen molar-refractivity contribution < 1.29 is 0 Å². The molecule has 0 saturated heterocycles. The molecule has 116 valence electrons. The Morgan fingerprint density at radius 2 is 0.864 bits per heavy atom. The summed E-state index contributed by atoms with van der Waals surface area (Å²) in [5.74, 6) is 0. The lowest BCUT2D eigenvalue weighted by atomic mass is 10.1. The minimum Gasteiger partial charge on any atom is -0.0534 e. The maximum atomic E-state index is 2.39. The standard InChI is InChI=1S/C21H29Si/c1-13(2)22(20-16(5)9-14(3)10-17(20)6)21-18(7)11-15(4)12-19(21)8/h9-13H,1-8H3/q+1. The van der Waals surface area contributed by atoms with Crippen molar-refractivity contribution in [3.8, 4) is 0 Å². The Morgan fingerprint density at radius 3 is 1.09 bits per heavy atom. The molecule has 0 N–H and O–H groups in total. The van der Waals surface area contributed by atoms with Gasteiger partial charge >= 0.3 is 8.80 Å². The third kappa shape index (κ3) is 3.20. The first-order valence-corrected chi connectivity index (χ1v) is 9.83. The van der Waals surface area contributed by atoms with Crippen molar-refractivity contribution in [1.29, 1.82) is 0 Å². The third-order valence-corrected chi connectivity index (χ3v) is 8.28. The van der Waals surface area contributed by atoms with E-state index in [1.807, 2.05) is 0 Å². The number of aryl methyl sites for hydroxylation is 6. The normalized spacial score (nSPS) is 11.1. The second-order valence-electron chi connectivity index (χ2n) is 7.12. The Morgan fingerprint density at radius 1 is 0.591 bits per heavy atom. The Bertz CT molecular complexity index is 592. The van der Waals surface area contributed by atoms with Crippen LogP contribution < -0.4 is 10.4 Å². The van der Waals surface area contributed by atoms with E-state index in [-0.39, 0.29) is 0 Å². The summed E-state index contributed by atoms with van der Waals surface area (Å²) >= 11 is 0. The molecule has 22 heavy (non-hydrogen) atoms. The Labute approximate surface area is 138 Å². The van der Waals surface area contributed by atoms with E-state index in [2.05, 4.69) is 79.7 Å². The molecule has 0 spiro atoms. The summed E-state index contributed by atoms with van der Waals surface area (Å²) in [6.45, 7) is 18.4. The summed E-state index contributed by atoms with van der Waals surface area (Å²) in [5, 5.41) is 3.25. The van der Waals surface area contributed by atoms with Gasteiger partial charge in [-0.15, -0.1) is 0 Å². The summed E-state index contributed by atoms with van der Waals surface area (Å²) in [7, 11) is -0.770. The fraction of sp³-hybridized carbons (Fsp3) is 0.429. The predicted molar refractivity (Wildman–Crippen MR) is 101 cm³/mol. The van der Waals surface area contributed by atoms with Crippen molar-refractivity contribution >= 4 is 19.2 Å². The van der Waals surface area contributed by atoms with E-state index in [1.54, 1.807) is 10.4 Å². The summed E-state index contributed by atoms with van der Waals surface area (Å²) in [4.78, 5) is 0. The van der Waals surface area contributed by atoms with Crippen molar-refractivity contribution in [3.05, 3.63) is 57.6 Å². The molecule has 0 aliphatic heterocycles. The molecule has 0 amide bonds. The summed E-state index contributed by atoms with van der Waals surface area (Å²) in [5.41, 5.74) is 9.32. The number of rotatable bonds is 3. The van der Waals surface area contributed by atoms with Crippen molar-refractivity contribution in [1.82, 2.24) is 0 Å². The van der Waals surface area contributed by atoms with Gasteiger partial charge in [0.2, 0.25) is 0 Å². The lowest BCUT2D eigenvalue weighted by Crippen LogP contribution is -2.49. The molecule has 0 radical (unpaired) electrons. The highest BCUT2D eigenvalue weighted by atomic mass is 28.3. The van der Waals surface area contributed by atoms with E-state index in [0.29, 0.717) is 5.54 Å². The second-order valence-corrected chi connectivity index (χ2v) is 10.1. The van der Waals surface area contributed by atoms with Crippen molar-refractivity contribution in [3.63, 3.8) is 0 Å². The molecule has 0 nitrogen and oxygen atoms in total. The van der Waals surface area contributed by atoms with Gasteiger partial charge < -0.3 is 0 Å². The summed E-state index contributed by atoms with van der Waals surface area (Å²) in [6.07, 6.45) is 0. The zero-order valence-corrected chi connectivity index (χ0v) is 16.4. The molecule has 0 saturated carbocycles. The van der Waals surface area contributed by atoms with Gasteiger partial charge in [-0.1, -0.05) is 35.4 Å². The number of benzene rings is 2. The topological polar surface area (TPSA) is 0 Å². The first-order chi connectivity index (χ1) is 10.2. The van der Waals surface area contributed by atoms with Crippen molar-refractivity contribution in [2.45, 2.75) is 60.9 Å². The average Bonchev–Trinajstić information content (AvgIpc) is 2.34. The molecular weight excluding hydrogens is 280 g/mol. The van der Waals surface area contributed by atoms with E-state index in [4.69, 9.17) is 0 Å². The molecule has 0 heterocycles. The zero-order chi connectivity index (χ0) is 16.6.